The predicted molar refractivity (Wildman–Crippen MR) is 90.8 cm³/mol. The Labute approximate surface area is 129 Å². The quantitative estimate of drug-likeness (QED) is 0.647. The Balaban J connectivity index is 2.03. The largest absolute Gasteiger partial charge is 0.0622 e. The second kappa shape index (κ2) is 5.33. The topological polar surface area (TPSA) is 0 Å². The van der Waals surface area contributed by atoms with Crippen molar-refractivity contribution >= 4 is 0 Å². The van der Waals surface area contributed by atoms with Crippen LogP contribution in [0.4, 0.5) is 0 Å². The molecular weight excluding hydrogens is 252 g/mol. The molecule has 0 atom stereocenters. The van der Waals surface area contributed by atoms with Crippen molar-refractivity contribution in [2.24, 2.45) is 0 Å². The van der Waals surface area contributed by atoms with E-state index in [-0.39, 0.29) is 10.8 Å². The van der Waals surface area contributed by atoms with Crippen LogP contribution in [0.1, 0.15) is 63.1 Å². The van der Waals surface area contributed by atoms with Crippen LogP contribution in [0.2, 0.25) is 0 Å². The average molecular weight is 278 g/mol. The number of benzene rings is 2. The summed E-state index contributed by atoms with van der Waals surface area (Å²) in [6, 6.07) is 20.5. The molecule has 2 aromatic rings. The van der Waals surface area contributed by atoms with Gasteiger partial charge in [0.25, 0.3) is 0 Å². The SMILES string of the molecule is CC(C)(C)c1ccc(C2(c3ccccc3)CCCC2)cc1. The zero-order chi connectivity index (χ0) is 14.9. The van der Waals surface area contributed by atoms with Gasteiger partial charge in [-0.3, -0.25) is 0 Å². The lowest BCUT2D eigenvalue weighted by atomic mass is 9.72. The first-order chi connectivity index (χ1) is 10.0. The molecule has 2 aromatic carbocycles. The smallest absolute Gasteiger partial charge is 0.0202 e. The maximum absolute atomic E-state index is 2.37. The van der Waals surface area contributed by atoms with Crippen LogP contribution in [0.15, 0.2) is 54.6 Å². The summed E-state index contributed by atoms with van der Waals surface area (Å²) >= 11 is 0. The lowest BCUT2D eigenvalue weighted by Gasteiger charge is -2.31. The van der Waals surface area contributed by atoms with Crippen molar-refractivity contribution < 1.29 is 0 Å². The van der Waals surface area contributed by atoms with Crippen molar-refractivity contribution in [2.45, 2.75) is 57.3 Å². The van der Waals surface area contributed by atoms with Crippen molar-refractivity contribution in [3.8, 4) is 0 Å². The van der Waals surface area contributed by atoms with E-state index < -0.39 is 0 Å². The Morgan fingerprint density at radius 1 is 0.714 bits per heavy atom. The molecule has 0 aromatic heterocycles. The number of hydrogen-bond acceptors (Lipinski definition) is 0. The Morgan fingerprint density at radius 2 is 1.24 bits per heavy atom. The molecule has 0 aliphatic heterocycles. The van der Waals surface area contributed by atoms with Gasteiger partial charge in [-0.15, -0.1) is 0 Å². The Bertz CT molecular complexity index is 578. The van der Waals surface area contributed by atoms with E-state index >= 15 is 0 Å². The highest BCUT2D eigenvalue weighted by Gasteiger charge is 2.37. The molecule has 1 fully saturated rings. The lowest BCUT2D eigenvalue weighted by molar-refractivity contribution is 0.533. The van der Waals surface area contributed by atoms with E-state index in [1.807, 2.05) is 0 Å². The predicted octanol–water partition coefficient (Wildman–Crippen LogP) is 5.84. The standard InChI is InChI=1S/C21H26/c1-20(2,3)17-11-13-19(14-12-17)21(15-7-8-16-21)18-9-5-4-6-10-18/h4-6,9-14H,7-8,15-16H2,1-3H3. The third kappa shape index (κ3) is 2.64. The van der Waals surface area contributed by atoms with Gasteiger partial charge in [0.1, 0.15) is 0 Å². The van der Waals surface area contributed by atoms with Crippen LogP contribution in [0.3, 0.4) is 0 Å². The molecule has 110 valence electrons. The molecule has 21 heavy (non-hydrogen) atoms. The van der Waals surface area contributed by atoms with Crippen molar-refractivity contribution in [3.05, 3.63) is 71.3 Å². The fourth-order valence-corrected chi connectivity index (χ4v) is 3.77. The molecule has 1 aliphatic carbocycles. The summed E-state index contributed by atoms with van der Waals surface area (Å²) in [5.74, 6) is 0. The van der Waals surface area contributed by atoms with Crippen LogP contribution in [0.25, 0.3) is 0 Å². The van der Waals surface area contributed by atoms with Crippen LogP contribution in [-0.4, -0.2) is 0 Å². The molecule has 0 heteroatoms. The van der Waals surface area contributed by atoms with E-state index in [0.29, 0.717) is 0 Å². The van der Waals surface area contributed by atoms with E-state index in [1.165, 1.54) is 42.4 Å². The summed E-state index contributed by atoms with van der Waals surface area (Å²) in [4.78, 5) is 0. The van der Waals surface area contributed by atoms with Gasteiger partial charge < -0.3 is 0 Å². The summed E-state index contributed by atoms with van der Waals surface area (Å²) in [6.45, 7) is 6.85. The highest BCUT2D eigenvalue weighted by atomic mass is 14.4. The fourth-order valence-electron chi connectivity index (χ4n) is 3.77. The normalized spacial score (nSPS) is 17.9. The van der Waals surface area contributed by atoms with E-state index in [9.17, 15) is 0 Å². The molecule has 0 N–H and O–H groups in total. The minimum absolute atomic E-state index is 0.230. The van der Waals surface area contributed by atoms with Gasteiger partial charge in [0.05, 0.1) is 0 Å². The minimum atomic E-state index is 0.230. The highest BCUT2D eigenvalue weighted by molar-refractivity contribution is 5.42. The van der Waals surface area contributed by atoms with E-state index in [4.69, 9.17) is 0 Å². The van der Waals surface area contributed by atoms with Crippen molar-refractivity contribution in [1.29, 1.82) is 0 Å². The zero-order valence-electron chi connectivity index (χ0n) is 13.5. The summed E-state index contributed by atoms with van der Waals surface area (Å²) < 4.78 is 0. The van der Waals surface area contributed by atoms with Gasteiger partial charge in [-0.25, -0.2) is 0 Å². The second-order valence-electron chi connectivity index (χ2n) is 7.48. The van der Waals surface area contributed by atoms with E-state index in [2.05, 4.69) is 75.4 Å². The van der Waals surface area contributed by atoms with Gasteiger partial charge >= 0.3 is 0 Å². The highest BCUT2D eigenvalue weighted by Crippen LogP contribution is 2.46. The van der Waals surface area contributed by atoms with Gasteiger partial charge in [-0.2, -0.15) is 0 Å². The average Bonchev–Trinajstić information content (AvgIpc) is 2.98. The first-order valence-electron chi connectivity index (χ1n) is 8.19. The summed E-state index contributed by atoms with van der Waals surface area (Å²) in [6.07, 6.45) is 5.25. The van der Waals surface area contributed by atoms with Gasteiger partial charge in [0, 0.05) is 5.41 Å². The summed E-state index contributed by atoms with van der Waals surface area (Å²) in [5.41, 5.74) is 4.89. The summed E-state index contributed by atoms with van der Waals surface area (Å²) in [7, 11) is 0. The van der Waals surface area contributed by atoms with Gasteiger partial charge in [0.2, 0.25) is 0 Å². The molecule has 0 unspecified atom stereocenters. The molecule has 0 saturated heterocycles. The third-order valence-corrected chi connectivity index (χ3v) is 5.09. The van der Waals surface area contributed by atoms with Gasteiger partial charge in [0.15, 0.2) is 0 Å². The monoisotopic (exact) mass is 278 g/mol. The molecule has 0 bridgehead atoms. The maximum Gasteiger partial charge on any atom is 0.0202 e. The molecule has 0 amide bonds. The molecular formula is C21H26. The van der Waals surface area contributed by atoms with Crippen molar-refractivity contribution in [1.82, 2.24) is 0 Å². The Morgan fingerprint density at radius 3 is 1.76 bits per heavy atom. The molecule has 0 nitrogen and oxygen atoms in total. The van der Waals surface area contributed by atoms with Gasteiger partial charge in [-0.1, -0.05) is 88.2 Å². The van der Waals surface area contributed by atoms with Crippen LogP contribution < -0.4 is 0 Å². The fraction of sp³-hybridized carbons (Fsp3) is 0.429. The van der Waals surface area contributed by atoms with Crippen molar-refractivity contribution in [2.75, 3.05) is 0 Å². The zero-order valence-corrected chi connectivity index (χ0v) is 13.5. The van der Waals surface area contributed by atoms with Crippen LogP contribution >= 0.6 is 0 Å². The number of hydrogen-bond donors (Lipinski definition) is 0. The Kier molecular flexibility index (Phi) is 3.65. The first-order valence-corrected chi connectivity index (χ1v) is 8.19. The molecule has 0 radical (unpaired) electrons. The van der Waals surface area contributed by atoms with Crippen molar-refractivity contribution in [3.63, 3.8) is 0 Å². The van der Waals surface area contributed by atoms with E-state index in [1.54, 1.807) is 0 Å². The lowest BCUT2D eigenvalue weighted by Crippen LogP contribution is -2.24. The second-order valence-corrected chi connectivity index (χ2v) is 7.48. The summed E-state index contributed by atoms with van der Waals surface area (Å²) in [5, 5.41) is 0. The number of rotatable bonds is 2. The Hall–Kier alpha value is -1.56. The van der Waals surface area contributed by atoms with Crippen LogP contribution in [0.5, 0.6) is 0 Å². The minimum Gasteiger partial charge on any atom is -0.0622 e. The molecule has 3 rings (SSSR count). The van der Waals surface area contributed by atoms with Gasteiger partial charge in [-0.05, 0) is 34.9 Å². The first kappa shape index (κ1) is 14.4. The molecule has 1 saturated carbocycles. The maximum atomic E-state index is 2.37. The molecule has 0 spiro atoms. The molecule has 0 heterocycles. The third-order valence-electron chi connectivity index (χ3n) is 5.09. The molecule has 1 aliphatic rings. The van der Waals surface area contributed by atoms with E-state index in [0.717, 1.165) is 0 Å². The van der Waals surface area contributed by atoms with Crippen LogP contribution in [-0.2, 0) is 10.8 Å². The van der Waals surface area contributed by atoms with Crippen LogP contribution in [0, 0.1) is 0 Å².